The molecule has 0 saturated heterocycles. The minimum absolute atomic E-state index is 0.121. The molecule has 0 aliphatic heterocycles. The molecule has 1 rings (SSSR count). The Labute approximate surface area is 113 Å². The third kappa shape index (κ3) is 7.71. The highest BCUT2D eigenvalue weighted by molar-refractivity contribution is 5.47. The molecule has 0 bridgehead atoms. The van der Waals surface area contributed by atoms with Gasteiger partial charge in [-0.25, -0.2) is 0 Å². The van der Waals surface area contributed by atoms with Crippen molar-refractivity contribution in [2.75, 3.05) is 34.3 Å². The predicted octanol–water partition coefficient (Wildman–Crippen LogP) is 2.37. The molecule has 0 radical (unpaired) electrons. The Morgan fingerprint density at radius 2 is 1.68 bits per heavy atom. The lowest BCUT2D eigenvalue weighted by Gasteiger charge is -2.07. The van der Waals surface area contributed by atoms with Crippen LogP contribution in [0.3, 0.4) is 0 Å². The van der Waals surface area contributed by atoms with Gasteiger partial charge in [-0.2, -0.15) is 0 Å². The van der Waals surface area contributed by atoms with Crippen molar-refractivity contribution in [1.29, 1.82) is 0 Å². The number of rotatable bonds is 11. The third-order valence-corrected chi connectivity index (χ3v) is 2.16. The van der Waals surface area contributed by atoms with Crippen LogP contribution in [0.4, 0.5) is 0 Å². The molecule has 0 heterocycles. The van der Waals surface area contributed by atoms with Gasteiger partial charge in [-0.3, -0.25) is 0 Å². The zero-order valence-electron chi connectivity index (χ0n) is 11.2. The van der Waals surface area contributed by atoms with E-state index in [1.54, 1.807) is 13.2 Å². The Bertz CT molecular complexity index is 353. The Kier molecular flexibility index (Phi) is 8.87. The van der Waals surface area contributed by atoms with E-state index >= 15 is 0 Å². The number of hydrogen-bond donors (Lipinski definition) is 0. The van der Waals surface area contributed by atoms with Crippen LogP contribution in [0.5, 0.6) is 0 Å². The summed E-state index contributed by atoms with van der Waals surface area (Å²) in [6.07, 6.45) is 1.80. The Morgan fingerprint density at radius 1 is 1.00 bits per heavy atom. The van der Waals surface area contributed by atoms with Gasteiger partial charge in [0.15, 0.2) is 13.6 Å². The van der Waals surface area contributed by atoms with E-state index in [0.29, 0.717) is 6.61 Å². The van der Waals surface area contributed by atoms with E-state index in [-0.39, 0.29) is 27.2 Å². The summed E-state index contributed by atoms with van der Waals surface area (Å²) in [4.78, 5) is 0. The molecule has 0 aromatic heterocycles. The van der Waals surface area contributed by atoms with Crippen molar-refractivity contribution >= 4 is 6.08 Å². The summed E-state index contributed by atoms with van der Waals surface area (Å²) in [5.41, 5.74) is 2.14. The van der Waals surface area contributed by atoms with Gasteiger partial charge in [0.25, 0.3) is 0 Å². The Morgan fingerprint density at radius 3 is 2.37 bits per heavy atom. The highest BCUT2D eigenvalue weighted by Gasteiger charge is 1.95. The molecule has 1 aromatic carbocycles. The molecular formula is C14H20O5. The minimum atomic E-state index is 0.121. The van der Waals surface area contributed by atoms with Crippen molar-refractivity contribution in [2.45, 2.75) is 6.61 Å². The first-order valence-electron chi connectivity index (χ1n) is 5.88. The predicted molar refractivity (Wildman–Crippen MR) is 71.1 cm³/mol. The van der Waals surface area contributed by atoms with Gasteiger partial charge in [-0.1, -0.05) is 30.9 Å². The molecule has 5 heteroatoms. The molecule has 0 amide bonds. The van der Waals surface area contributed by atoms with Crippen molar-refractivity contribution in [1.82, 2.24) is 0 Å². The second-order valence-corrected chi connectivity index (χ2v) is 3.67. The van der Waals surface area contributed by atoms with Crippen LogP contribution in [0.1, 0.15) is 11.1 Å². The summed E-state index contributed by atoms with van der Waals surface area (Å²) in [5, 5.41) is 0. The molecule has 106 valence electrons. The first-order valence-corrected chi connectivity index (χ1v) is 5.88. The van der Waals surface area contributed by atoms with Gasteiger partial charge in [0.1, 0.15) is 13.6 Å². The first-order chi connectivity index (χ1) is 9.36. The first kappa shape index (κ1) is 15.8. The average molecular weight is 268 g/mol. The topological polar surface area (TPSA) is 46.2 Å². The van der Waals surface area contributed by atoms with Gasteiger partial charge in [0.2, 0.25) is 0 Å². The maximum absolute atomic E-state index is 5.34. The molecule has 0 unspecified atom stereocenters. The SMILES string of the molecule is C=Cc1cccc(COCOCOCOCOC)c1. The monoisotopic (exact) mass is 268 g/mol. The van der Waals surface area contributed by atoms with Gasteiger partial charge >= 0.3 is 0 Å². The summed E-state index contributed by atoms with van der Waals surface area (Å²) in [6, 6.07) is 7.96. The number of benzene rings is 1. The highest BCUT2D eigenvalue weighted by atomic mass is 16.8. The van der Waals surface area contributed by atoms with Gasteiger partial charge in [0.05, 0.1) is 6.61 Å². The molecule has 19 heavy (non-hydrogen) atoms. The fourth-order valence-electron chi connectivity index (χ4n) is 1.33. The molecule has 0 aliphatic rings. The van der Waals surface area contributed by atoms with Crippen LogP contribution in [-0.2, 0) is 30.3 Å². The lowest BCUT2D eigenvalue weighted by molar-refractivity contribution is -0.190. The molecule has 0 saturated carbocycles. The number of hydrogen-bond acceptors (Lipinski definition) is 5. The van der Waals surface area contributed by atoms with Crippen LogP contribution in [0.2, 0.25) is 0 Å². The fraction of sp³-hybridized carbons (Fsp3) is 0.429. The van der Waals surface area contributed by atoms with Crippen LogP contribution < -0.4 is 0 Å². The second kappa shape index (κ2) is 10.7. The largest absolute Gasteiger partial charge is 0.359 e. The number of methoxy groups -OCH3 is 1. The van der Waals surface area contributed by atoms with E-state index in [9.17, 15) is 0 Å². The van der Waals surface area contributed by atoms with Crippen LogP contribution >= 0.6 is 0 Å². The maximum Gasteiger partial charge on any atom is 0.152 e. The zero-order valence-corrected chi connectivity index (χ0v) is 11.2. The summed E-state index contributed by atoms with van der Waals surface area (Å²) in [7, 11) is 1.55. The van der Waals surface area contributed by atoms with Crippen LogP contribution in [0, 0.1) is 0 Å². The second-order valence-electron chi connectivity index (χ2n) is 3.67. The summed E-state index contributed by atoms with van der Waals surface area (Å²) in [5.74, 6) is 0. The highest BCUT2D eigenvalue weighted by Crippen LogP contribution is 2.07. The fourth-order valence-corrected chi connectivity index (χ4v) is 1.33. The molecule has 5 nitrogen and oxygen atoms in total. The van der Waals surface area contributed by atoms with E-state index in [2.05, 4.69) is 11.3 Å². The molecule has 0 fully saturated rings. The van der Waals surface area contributed by atoms with E-state index in [1.807, 2.05) is 24.3 Å². The quantitative estimate of drug-likeness (QED) is 0.455. The van der Waals surface area contributed by atoms with Gasteiger partial charge in [-0.05, 0) is 17.2 Å². The summed E-state index contributed by atoms with van der Waals surface area (Å²) in [6.45, 7) is 4.84. The molecule has 0 aliphatic carbocycles. The summed E-state index contributed by atoms with van der Waals surface area (Å²) < 4.78 is 25.0. The Balaban J connectivity index is 1.99. The van der Waals surface area contributed by atoms with Crippen molar-refractivity contribution in [3.8, 4) is 0 Å². The van der Waals surface area contributed by atoms with Crippen LogP contribution in [-0.4, -0.2) is 34.3 Å². The molecular weight excluding hydrogens is 248 g/mol. The lowest BCUT2D eigenvalue weighted by atomic mass is 10.1. The van der Waals surface area contributed by atoms with E-state index in [0.717, 1.165) is 11.1 Å². The van der Waals surface area contributed by atoms with Crippen molar-refractivity contribution in [3.05, 3.63) is 42.0 Å². The maximum atomic E-state index is 5.34. The molecule has 0 spiro atoms. The normalized spacial score (nSPS) is 10.6. The number of ether oxygens (including phenoxy) is 5. The summed E-state index contributed by atoms with van der Waals surface area (Å²) >= 11 is 0. The van der Waals surface area contributed by atoms with Crippen molar-refractivity contribution < 1.29 is 23.7 Å². The van der Waals surface area contributed by atoms with Gasteiger partial charge < -0.3 is 23.7 Å². The van der Waals surface area contributed by atoms with E-state index in [1.165, 1.54) is 0 Å². The third-order valence-electron chi connectivity index (χ3n) is 2.16. The molecule has 1 aromatic rings. The Hall–Kier alpha value is -1.24. The molecule has 0 N–H and O–H groups in total. The van der Waals surface area contributed by atoms with Gasteiger partial charge in [-0.15, -0.1) is 0 Å². The van der Waals surface area contributed by atoms with Crippen LogP contribution in [0.15, 0.2) is 30.8 Å². The van der Waals surface area contributed by atoms with Crippen LogP contribution in [0.25, 0.3) is 6.08 Å². The van der Waals surface area contributed by atoms with Gasteiger partial charge in [0, 0.05) is 7.11 Å². The smallest absolute Gasteiger partial charge is 0.152 e. The molecule has 0 atom stereocenters. The standard InChI is InChI=1S/C14H20O5/c1-3-13-5-4-6-14(7-13)8-16-10-18-12-19-11-17-9-15-2/h3-7H,1,8-12H2,2H3. The zero-order chi connectivity index (χ0) is 13.8. The van der Waals surface area contributed by atoms with E-state index in [4.69, 9.17) is 18.9 Å². The minimum Gasteiger partial charge on any atom is -0.359 e. The van der Waals surface area contributed by atoms with Crippen molar-refractivity contribution in [2.24, 2.45) is 0 Å². The van der Waals surface area contributed by atoms with E-state index < -0.39 is 0 Å². The lowest BCUT2D eigenvalue weighted by Crippen LogP contribution is -2.08. The average Bonchev–Trinajstić information content (AvgIpc) is 2.46. The van der Waals surface area contributed by atoms with Crippen molar-refractivity contribution in [3.63, 3.8) is 0 Å².